The number of nitrogens with one attached hydrogen (secondary N) is 1. The molecule has 3 heteroatoms. The van der Waals surface area contributed by atoms with Crippen molar-refractivity contribution in [3.8, 4) is 0 Å². The molecule has 0 bridgehead atoms. The number of ether oxygens (including phenoxy) is 1. The Kier molecular flexibility index (Phi) is 5.93. The van der Waals surface area contributed by atoms with Crippen LogP contribution >= 0.6 is 0 Å². The molecular weight excluding hydrogens is 224 g/mol. The molecule has 3 nitrogen and oxygen atoms in total. The molecule has 0 aliphatic carbocycles. The van der Waals surface area contributed by atoms with Crippen LogP contribution in [0.2, 0.25) is 0 Å². The second kappa shape index (κ2) is 7.46. The minimum absolute atomic E-state index is 0.652. The largest absolute Gasteiger partial charge is 0.380 e. The lowest BCUT2D eigenvalue weighted by atomic mass is 9.94. The van der Waals surface area contributed by atoms with Crippen LogP contribution in [0.3, 0.4) is 0 Å². The highest BCUT2D eigenvalue weighted by atomic mass is 16.5. The van der Waals surface area contributed by atoms with Crippen molar-refractivity contribution in [1.82, 2.24) is 10.2 Å². The van der Waals surface area contributed by atoms with E-state index >= 15 is 0 Å². The number of nitrogens with zero attached hydrogens (tertiary/aromatic N) is 1. The first kappa shape index (κ1) is 14.3. The first-order valence-corrected chi connectivity index (χ1v) is 7.82. The van der Waals surface area contributed by atoms with Gasteiger partial charge in [0.25, 0.3) is 0 Å². The van der Waals surface area contributed by atoms with E-state index < -0.39 is 0 Å². The van der Waals surface area contributed by atoms with E-state index in [1.54, 1.807) is 0 Å². The van der Waals surface area contributed by atoms with E-state index in [1.165, 1.54) is 45.2 Å². The number of hydrogen-bond acceptors (Lipinski definition) is 3. The van der Waals surface area contributed by atoms with Gasteiger partial charge in [-0.25, -0.2) is 0 Å². The van der Waals surface area contributed by atoms with Crippen molar-refractivity contribution >= 4 is 0 Å². The van der Waals surface area contributed by atoms with E-state index in [4.69, 9.17) is 4.74 Å². The molecule has 2 aliphatic rings. The highest BCUT2D eigenvalue weighted by molar-refractivity contribution is 4.90. The maximum absolute atomic E-state index is 5.75. The summed E-state index contributed by atoms with van der Waals surface area (Å²) in [6.45, 7) is 9.85. The zero-order valence-corrected chi connectivity index (χ0v) is 12.2. The van der Waals surface area contributed by atoms with Crippen molar-refractivity contribution in [2.75, 3.05) is 32.8 Å². The topological polar surface area (TPSA) is 24.5 Å². The van der Waals surface area contributed by atoms with Gasteiger partial charge in [-0.1, -0.05) is 20.3 Å². The normalized spacial score (nSPS) is 30.2. The molecule has 2 aliphatic heterocycles. The Hall–Kier alpha value is -0.120. The van der Waals surface area contributed by atoms with E-state index in [2.05, 4.69) is 24.1 Å². The molecule has 2 saturated heterocycles. The number of likely N-dealkylation sites (tertiary alicyclic amines) is 1. The molecule has 2 atom stereocenters. The molecular formula is C15H30N2O. The molecule has 0 aromatic rings. The van der Waals surface area contributed by atoms with Gasteiger partial charge in [-0.2, -0.15) is 0 Å². The van der Waals surface area contributed by atoms with Crippen LogP contribution < -0.4 is 5.32 Å². The third-order valence-corrected chi connectivity index (χ3v) is 4.20. The van der Waals surface area contributed by atoms with Crippen LogP contribution in [0, 0.1) is 5.92 Å². The first-order chi connectivity index (χ1) is 8.77. The fourth-order valence-electron chi connectivity index (χ4n) is 3.29. The maximum Gasteiger partial charge on any atom is 0.0593 e. The van der Waals surface area contributed by atoms with Gasteiger partial charge in [-0.3, -0.25) is 4.90 Å². The molecule has 18 heavy (non-hydrogen) atoms. The lowest BCUT2D eigenvalue weighted by molar-refractivity contribution is 0.0514. The average molecular weight is 254 g/mol. The number of piperidine rings is 1. The van der Waals surface area contributed by atoms with Crippen molar-refractivity contribution in [3.05, 3.63) is 0 Å². The molecule has 0 radical (unpaired) electrons. The molecule has 0 aromatic heterocycles. The summed E-state index contributed by atoms with van der Waals surface area (Å²) in [5.41, 5.74) is 0. The maximum atomic E-state index is 5.75. The van der Waals surface area contributed by atoms with E-state index in [-0.39, 0.29) is 0 Å². The molecule has 0 aromatic carbocycles. The Morgan fingerprint density at radius 3 is 2.83 bits per heavy atom. The van der Waals surface area contributed by atoms with Gasteiger partial charge in [0.15, 0.2) is 0 Å². The summed E-state index contributed by atoms with van der Waals surface area (Å²) in [6.07, 6.45) is 6.88. The monoisotopic (exact) mass is 254 g/mol. The highest BCUT2D eigenvalue weighted by Crippen LogP contribution is 2.23. The summed E-state index contributed by atoms with van der Waals surface area (Å²) in [6, 6.07) is 1.51. The fourth-order valence-corrected chi connectivity index (χ4v) is 3.29. The third kappa shape index (κ3) is 4.22. The summed E-state index contributed by atoms with van der Waals surface area (Å²) in [4.78, 5) is 2.67. The molecule has 2 unspecified atom stereocenters. The molecule has 0 spiro atoms. The molecule has 0 saturated carbocycles. The minimum atomic E-state index is 0.652. The van der Waals surface area contributed by atoms with Crippen LogP contribution in [0.15, 0.2) is 0 Å². The second-order valence-corrected chi connectivity index (χ2v) is 6.27. The predicted octanol–water partition coefficient (Wildman–Crippen LogP) is 2.27. The van der Waals surface area contributed by atoms with Crippen LogP contribution in [0.25, 0.3) is 0 Å². The standard InChI is InChI=1S/C15H30N2O/c1-13(2)12-18-11-10-17-9-4-3-7-15(17)14-6-5-8-16-14/h13-16H,3-12H2,1-2H3. The molecule has 2 fully saturated rings. The van der Waals surface area contributed by atoms with E-state index in [0.717, 1.165) is 31.8 Å². The summed E-state index contributed by atoms with van der Waals surface area (Å²) < 4.78 is 5.75. The predicted molar refractivity (Wildman–Crippen MR) is 75.9 cm³/mol. The van der Waals surface area contributed by atoms with E-state index in [1.807, 2.05) is 0 Å². The summed E-state index contributed by atoms with van der Waals surface area (Å²) in [7, 11) is 0. The molecule has 2 heterocycles. The molecule has 1 N–H and O–H groups in total. The third-order valence-electron chi connectivity index (χ3n) is 4.20. The number of rotatable bonds is 6. The Morgan fingerprint density at radius 2 is 2.11 bits per heavy atom. The Morgan fingerprint density at radius 1 is 1.22 bits per heavy atom. The highest BCUT2D eigenvalue weighted by Gasteiger charge is 2.31. The SMILES string of the molecule is CC(C)COCCN1CCCCC1C1CCCN1. The molecule has 106 valence electrons. The zero-order chi connectivity index (χ0) is 12.8. The molecule has 2 rings (SSSR count). The van der Waals surface area contributed by atoms with Gasteiger partial charge in [0.1, 0.15) is 0 Å². The Balaban J connectivity index is 1.73. The first-order valence-electron chi connectivity index (χ1n) is 7.82. The Bertz CT molecular complexity index is 227. The van der Waals surface area contributed by atoms with Crippen molar-refractivity contribution in [1.29, 1.82) is 0 Å². The zero-order valence-electron chi connectivity index (χ0n) is 12.2. The number of hydrogen-bond donors (Lipinski definition) is 1. The van der Waals surface area contributed by atoms with Gasteiger partial charge in [-0.05, 0) is 44.7 Å². The average Bonchev–Trinajstić information content (AvgIpc) is 2.88. The smallest absolute Gasteiger partial charge is 0.0593 e. The molecule has 0 amide bonds. The van der Waals surface area contributed by atoms with Crippen molar-refractivity contribution in [3.63, 3.8) is 0 Å². The van der Waals surface area contributed by atoms with Gasteiger partial charge in [-0.15, -0.1) is 0 Å². The lowest BCUT2D eigenvalue weighted by Gasteiger charge is -2.39. The van der Waals surface area contributed by atoms with Gasteiger partial charge >= 0.3 is 0 Å². The summed E-state index contributed by atoms with van der Waals surface area (Å²) in [5.74, 6) is 0.652. The summed E-state index contributed by atoms with van der Waals surface area (Å²) in [5, 5.41) is 3.68. The summed E-state index contributed by atoms with van der Waals surface area (Å²) >= 11 is 0. The van der Waals surface area contributed by atoms with Crippen molar-refractivity contribution < 1.29 is 4.74 Å². The quantitative estimate of drug-likeness (QED) is 0.736. The van der Waals surface area contributed by atoms with Crippen LogP contribution in [0.5, 0.6) is 0 Å². The van der Waals surface area contributed by atoms with Gasteiger partial charge in [0.05, 0.1) is 6.61 Å². The van der Waals surface area contributed by atoms with E-state index in [0.29, 0.717) is 5.92 Å². The fraction of sp³-hybridized carbons (Fsp3) is 1.00. The second-order valence-electron chi connectivity index (χ2n) is 6.27. The van der Waals surface area contributed by atoms with Crippen LogP contribution in [0.4, 0.5) is 0 Å². The minimum Gasteiger partial charge on any atom is -0.380 e. The van der Waals surface area contributed by atoms with E-state index in [9.17, 15) is 0 Å². The van der Waals surface area contributed by atoms with Crippen LogP contribution in [-0.2, 0) is 4.74 Å². The van der Waals surface area contributed by atoms with Crippen LogP contribution in [-0.4, -0.2) is 49.8 Å². The van der Waals surface area contributed by atoms with Crippen molar-refractivity contribution in [2.45, 2.75) is 58.0 Å². The lowest BCUT2D eigenvalue weighted by Crippen LogP contribution is -2.51. The van der Waals surface area contributed by atoms with Crippen LogP contribution in [0.1, 0.15) is 46.0 Å². The van der Waals surface area contributed by atoms with Gasteiger partial charge in [0, 0.05) is 25.2 Å². The van der Waals surface area contributed by atoms with Crippen molar-refractivity contribution in [2.24, 2.45) is 5.92 Å². The van der Waals surface area contributed by atoms with Gasteiger partial charge < -0.3 is 10.1 Å². The van der Waals surface area contributed by atoms with Gasteiger partial charge in [0.2, 0.25) is 0 Å². The Labute approximate surface area is 112 Å².